The van der Waals surface area contributed by atoms with Crippen LogP contribution in [0.2, 0.25) is 0 Å². The lowest BCUT2D eigenvalue weighted by atomic mass is 10.0. The molecule has 1 N–H and O–H groups in total. The van der Waals surface area contributed by atoms with Crippen LogP contribution in [0.3, 0.4) is 0 Å². The zero-order valence-electron chi connectivity index (χ0n) is 25.4. The number of sulfonamides is 1. The number of carbonyl (C=O) groups is 2. The minimum Gasteiger partial charge on any atom is -0.352 e. The molecule has 44 heavy (non-hydrogen) atoms. The van der Waals surface area contributed by atoms with Gasteiger partial charge in [0.2, 0.25) is 11.8 Å². The van der Waals surface area contributed by atoms with E-state index >= 15 is 0 Å². The number of nitrogens with zero attached hydrogens (tertiary/aromatic N) is 2. The van der Waals surface area contributed by atoms with E-state index in [1.54, 1.807) is 24.3 Å². The summed E-state index contributed by atoms with van der Waals surface area (Å²) in [6.45, 7) is 7.11. The summed E-state index contributed by atoms with van der Waals surface area (Å²) in [6.07, 6.45) is 0.258. The number of halogens is 1. The lowest BCUT2D eigenvalue weighted by Crippen LogP contribution is -2.54. The molecule has 0 aliphatic carbocycles. The van der Waals surface area contributed by atoms with Gasteiger partial charge in [0.25, 0.3) is 10.0 Å². The Hall–Kier alpha value is -3.95. The Morgan fingerprint density at radius 3 is 2.07 bits per heavy atom. The third-order valence-corrected chi connectivity index (χ3v) is 9.44. The zero-order chi connectivity index (χ0) is 31.9. The number of hydrogen-bond acceptors (Lipinski definition) is 4. The molecule has 4 aromatic rings. The van der Waals surface area contributed by atoms with Gasteiger partial charge >= 0.3 is 0 Å². The average molecular weight is 677 g/mol. The van der Waals surface area contributed by atoms with Gasteiger partial charge in [-0.3, -0.25) is 13.9 Å². The van der Waals surface area contributed by atoms with Gasteiger partial charge in [-0.05, 0) is 74.7 Å². The molecular formula is C35H38BrN3O4S. The summed E-state index contributed by atoms with van der Waals surface area (Å²) in [7, 11) is -4.14. The Labute approximate surface area is 269 Å². The van der Waals surface area contributed by atoms with E-state index in [1.165, 1.54) is 17.0 Å². The van der Waals surface area contributed by atoms with Crippen LogP contribution >= 0.6 is 15.9 Å². The number of rotatable bonds is 12. The van der Waals surface area contributed by atoms with Crippen LogP contribution in [-0.4, -0.2) is 43.8 Å². The SMILES string of the molecule is Cc1ccc(N(CC(=O)N(Cc2cccc(Br)c2)C(Cc2ccccc2)C(=O)NC(C)C)S(=O)(=O)c2ccccc2)c(C)c1. The normalized spacial score (nSPS) is 12.0. The van der Waals surface area contributed by atoms with Gasteiger partial charge in [-0.25, -0.2) is 8.42 Å². The maximum absolute atomic E-state index is 14.5. The van der Waals surface area contributed by atoms with Gasteiger partial charge in [0.1, 0.15) is 12.6 Å². The van der Waals surface area contributed by atoms with Gasteiger partial charge in [0.05, 0.1) is 10.6 Å². The largest absolute Gasteiger partial charge is 0.352 e. The van der Waals surface area contributed by atoms with Crippen molar-refractivity contribution in [3.63, 3.8) is 0 Å². The van der Waals surface area contributed by atoms with Crippen molar-refractivity contribution in [3.05, 3.63) is 130 Å². The van der Waals surface area contributed by atoms with Crippen molar-refractivity contribution in [3.8, 4) is 0 Å². The monoisotopic (exact) mass is 675 g/mol. The minimum atomic E-state index is -4.14. The topological polar surface area (TPSA) is 86.8 Å². The second kappa shape index (κ2) is 14.7. The van der Waals surface area contributed by atoms with E-state index in [-0.39, 0.29) is 29.8 Å². The Morgan fingerprint density at radius 1 is 0.818 bits per heavy atom. The van der Waals surface area contributed by atoms with Crippen molar-refractivity contribution < 1.29 is 18.0 Å². The minimum absolute atomic E-state index is 0.0738. The zero-order valence-corrected chi connectivity index (χ0v) is 27.8. The van der Waals surface area contributed by atoms with Crippen molar-refractivity contribution >= 4 is 43.5 Å². The van der Waals surface area contributed by atoms with E-state index < -0.39 is 28.5 Å². The molecule has 0 spiro atoms. The van der Waals surface area contributed by atoms with Crippen LogP contribution in [-0.2, 0) is 32.6 Å². The predicted molar refractivity (Wildman–Crippen MR) is 179 cm³/mol. The maximum atomic E-state index is 14.5. The summed E-state index contributed by atoms with van der Waals surface area (Å²) < 4.78 is 30.3. The first-order valence-electron chi connectivity index (χ1n) is 14.5. The first-order chi connectivity index (χ1) is 21.0. The number of aryl methyl sites for hydroxylation is 2. The maximum Gasteiger partial charge on any atom is 0.264 e. The van der Waals surface area contributed by atoms with Crippen LogP contribution in [0.25, 0.3) is 0 Å². The summed E-state index contributed by atoms with van der Waals surface area (Å²) in [5.74, 6) is -0.805. The van der Waals surface area contributed by atoms with Gasteiger partial charge in [-0.2, -0.15) is 0 Å². The number of hydrogen-bond donors (Lipinski definition) is 1. The summed E-state index contributed by atoms with van der Waals surface area (Å²) in [4.78, 5) is 29.9. The van der Waals surface area contributed by atoms with Crippen molar-refractivity contribution in [2.45, 2.75) is 57.6 Å². The molecule has 0 aliphatic heterocycles. The average Bonchev–Trinajstić information content (AvgIpc) is 2.98. The number of carbonyl (C=O) groups excluding carboxylic acids is 2. The fourth-order valence-corrected chi connectivity index (χ4v) is 7.03. The molecule has 1 atom stereocenters. The molecule has 230 valence electrons. The van der Waals surface area contributed by atoms with Gasteiger partial charge in [-0.1, -0.05) is 94.3 Å². The van der Waals surface area contributed by atoms with Crippen molar-refractivity contribution in [1.29, 1.82) is 0 Å². The molecule has 0 saturated heterocycles. The first-order valence-corrected chi connectivity index (χ1v) is 16.7. The standard InChI is InChI=1S/C35H38BrN3O4S/c1-25(2)37-35(41)33(22-28-12-7-5-8-13-28)38(23-29-14-11-15-30(36)21-29)34(40)24-39(32-19-18-26(3)20-27(32)4)44(42,43)31-16-9-6-10-17-31/h5-21,25,33H,22-24H2,1-4H3,(H,37,41). The molecule has 0 aromatic heterocycles. The highest BCUT2D eigenvalue weighted by atomic mass is 79.9. The Kier molecular flexibility index (Phi) is 11.0. The number of amides is 2. The van der Waals surface area contributed by atoms with E-state index in [4.69, 9.17) is 0 Å². The molecule has 4 rings (SSSR count). The molecule has 0 heterocycles. The molecule has 0 bridgehead atoms. The van der Waals surface area contributed by atoms with E-state index in [1.807, 2.05) is 94.4 Å². The highest BCUT2D eigenvalue weighted by Crippen LogP contribution is 2.28. The highest BCUT2D eigenvalue weighted by molar-refractivity contribution is 9.10. The van der Waals surface area contributed by atoms with Crippen LogP contribution in [0.5, 0.6) is 0 Å². The van der Waals surface area contributed by atoms with Gasteiger partial charge in [0, 0.05) is 23.5 Å². The lowest BCUT2D eigenvalue weighted by Gasteiger charge is -2.34. The predicted octanol–water partition coefficient (Wildman–Crippen LogP) is 6.43. The molecule has 9 heteroatoms. The molecule has 7 nitrogen and oxygen atoms in total. The fourth-order valence-electron chi connectivity index (χ4n) is 5.08. The summed E-state index contributed by atoms with van der Waals surface area (Å²) >= 11 is 3.51. The van der Waals surface area contributed by atoms with E-state index in [0.717, 1.165) is 25.5 Å². The van der Waals surface area contributed by atoms with Crippen molar-refractivity contribution in [2.75, 3.05) is 10.8 Å². The molecule has 0 radical (unpaired) electrons. The van der Waals surface area contributed by atoms with Crippen molar-refractivity contribution in [2.24, 2.45) is 0 Å². The van der Waals surface area contributed by atoms with Gasteiger partial charge in [0.15, 0.2) is 0 Å². The third kappa shape index (κ3) is 8.36. The molecular weight excluding hydrogens is 638 g/mol. The summed E-state index contributed by atoms with van der Waals surface area (Å²) in [6, 6.07) is 29.5. The van der Waals surface area contributed by atoms with Crippen LogP contribution < -0.4 is 9.62 Å². The van der Waals surface area contributed by atoms with Crippen LogP contribution in [0.4, 0.5) is 5.69 Å². The quantitative estimate of drug-likeness (QED) is 0.188. The van der Waals surface area contributed by atoms with Crippen LogP contribution in [0.15, 0.2) is 112 Å². The fraction of sp³-hybridized carbons (Fsp3) is 0.257. The second-order valence-electron chi connectivity index (χ2n) is 11.1. The van der Waals surface area contributed by atoms with Gasteiger partial charge < -0.3 is 10.2 Å². The smallest absolute Gasteiger partial charge is 0.264 e. The number of anilines is 1. The molecule has 1 unspecified atom stereocenters. The first kappa shape index (κ1) is 33.0. The Balaban J connectivity index is 1.82. The number of nitrogens with one attached hydrogen (secondary N) is 1. The third-order valence-electron chi connectivity index (χ3n) is 7.18. The lowest BCUT2D eigenvalue weighted by molar-refractivity contribution is -0.140. The van der Waals surface area contributed by atoms with Gasteiger partial charge in [-0.15, -0.1) is 0 Å². The Bertz CT molecular complexity index is 1700. The molecule has 0 aliphatic rings. The van der Waals surface area contributed by atoms with Crippen LogP contribution in [0, 0.1) is 13.8 Å². The molecule has 4 aromatic carbocycles. The van der Waals surface area contributed by atoms with Crippen LogP contribution in [0.1, 0.15) is 36.1 Å². The number of benzene rings is 4. The molecule has 0 fully saturated rings. The highest BCUT2D eigenvalue weighted by Gasteiger charge is 2.35. The van der Waals surface area contributed by atoms with E-state index in [9.17, 15) is 18.0 Å². The summed E-state index contributed by atoms with van der Waals surface area (Å²) in [5, 5.41) is 2.98. The molecule has 2 amide bonds. The van der Waals surface area contributed by atoms with E-state index in [0.29, 0.717) is 11.3 Å². The second-order valence-corrected chi connectivity index (χ2v) is 13.9. The Morgan fingerprint density at radius 2 is 1.45 bits per heavy atom. The summed E-state index contributed by atoms with van der Waals surface area (Å²) in [5.41, 5.74) is 3.77. The van der Waals surface area contributed by atoms with E-state index in [2.05, 4.69) is 21.2 Å². The molecule has 0 saturated carbocycles. The van der Waals surface area contributed by atoms with Crippen molar-refractivity contribution in [1.82, 2.24) is 10.2 Å².